The fourth-order valence-electron chi connectivity index (χ4n) is 2.58. The topological polar surface area (TPSA) is 45.5 Å². The second-order valence-electron chi connectivity index (χ2n) is 5.48. The van der Waals surface area contributed by atoms with Crippen LogP contribution < -0.4 is 5.32 Å². The SMILES string of the molecule is CC1CN(C(=O)c2occc2CSc2ccccc2)CCN1.Cl. The Balaban J connectivity index is 0.00000192. The lowest BCUT2D eigenvalue weighted by Gasteiger charge is -2.31. The molecule has 0 saturated carbocycles. The molecule has 0 radical (unpaired) electrons. The minimum absolute atomic E-state index is 0. The normalized spacial score (nSPS) is 17.6. The lowest BCUT2D eigenvalue weighted by molar-refractivity contribution is 0.0676. The predicted octanol–water partition coefficient (Wildman–Crippen LogP) is 3.43. The summed E-state index contributed by atoms with van der Waals surface area (Å²) in [5.74, 6) is 1.23. The molecule has 2 aromatic rings. The molecule has 1 saturated heterocycles. The van der Waals surface area contributed by atoms with E-state index in [2.05, 4.69) is 24.4 Å². The molecule has 1 aromatic heterocycles. The molecule has 1 aliphatic heterocycles. The number of furan rings is 1. The number of hydrogen-bond acceptors (Lipinski definition) is 4. The second kappa shape index (κ2) is 8.43. The molecular formula is C17H21ClN2O2S. The molecule has 1 amide bonds. The molecule has 124 valence electrons. The molecule has 1 aromatic carbocycles. The van der Waals surface area contributed by atoms with Crippen molar-refractivity contribution in [3.8, 4) is 0 Å². The molecule has 1 atom stereocenters. The van der Waals surface area contributed by atoms with Crippen LogP contribution in [0.15, 0.2) is 52.0 Å². The van der Waals surface area contributed by atoms with Gasteiger partial charge in [-0.1, -0.05) is 18.2 Å². The second-order valence-corrected chi connectivity index (χ2v) is 6.53. The highest BCUT2D eigenvalue weighted by Crippen LogP contribution is 2.25. The lowest BCUT2D eigenvalue weighted by Crippen LogP contribution is -2.51. The molecule has 0 spiro atoms. The van der Waals surface area contributed by atoms with Crippen LogP contribution in [-0.2, 0) is 5.75 Å². The first kappa shape index (κ1) is 17.9. The first-order valence-corrected chi connectivity index (χ1v) is 8.49. The smallest absolute Gasteiger partial charge is 0.289 e. The number of thioether (sulfide) groups is 1. The summed E-state index contributed by atoms with van der Waals surface area (Å²) in [6.07, 6.45) is 1.61. The first-order valence-electron chi connectivity index (χ1n) is 7.51. The van der Waals surface area contributed by atoms with E-state index in [1.54, 1.807) is 18.0 Å². The van der Waals surface area contributed by atoms with Crippen molar-refractivity contribution in [2.24, 2.45) is 0 Å². The number of benzene rings is 1. The van der Waals surface area contributed by atoms with Gasteiger partial charge >= 0.3 is 0 Å². The zero-order chi connectivity index (χ0) is 15.4. The zero-order valence-electron chi connectivity index (χ0n) is 13.0. The van der Waals surface area contributed by atoms with Gasteiger partial charge in [-0.25, -0.2) is 0 Å². The fraction of sp³-hybridized carbons (Fsp3) is 0.353. The van der Waals surface area contributed by atoms with Crippen molar-refractivity contribution >= 4 is 30.1 Å². The van der Waals surface area contributed by atoms with Gasteiger partial charge in [-0.2, -0.15) is 0 Å². The van der Waals surface area contributed by atoms with E-state index in [4.69, 9.17) is 4.42 Å². The summed E-state index contributed by atoms with van der Waals surface area (Å²) >= 11 is 1.71. The van der Waals surface area contributed by atoms with Crippen LogP contribution in [0.1, 0.15) is 23.0 Å². The van der Waals surface area contributed by atoms with Gasteiger partial charge in [0.2, 0.25) is 0 Å². The Morgan fingerprint density at radius 2 is 2.13 bits per heavy atom. The molecule has 6 heteroatoms. The molecule has 23 heavy (non-hydrogen) atoms. The van der Waals surface area contributed by atoms with Gasteiger partial charge in [-0.3, -0.25) is 4.79 Å². The summed E-state index contributed by atoms with van der Waals surface area (Å²) in [6, 6.07) is 12.4. The van der Waals surface area contributed by atoms with E-state index in [-0.39, 0.29) is 18.3 Å². The molecule has 1 N–H and O–H groups in total. The van der Waals surface area contributed by atoms with Gasteiger partial charge in [0.15, 0.2) is 5.76 Å². The van der Waals surface area contributed by atoms with E-state index in [9.17, 15) is 4.79 Å². The van der Waals surface area contributed by atoms with Gasteiger partial charge < -0.3 is 14.6 Å². The van der Waals surface area contributed by atoms with Crippen LogP contribution in [0.3, 0.4) is 0 Å². The summed E-state index contributed by atoms with van der Waals surface area (Å²) in [6.45, 7) is 4.38. The van der Waals surface area contributed by atoms with Crippen LogP contribution >= 0.6 is 24.2 Å². The number of piperazine rings is 1. The Hall–Kier alpha value is -1.43. The van der Waals surface area contributed by atoms with Crippen molar-refractivity contribution in [3.63, 3.8) is 0 Å². The van der Waals surface area contributed by atoms with E-state index >= 15 is 0 Å². The number of halogens is 1. The Morgan fingerprint density at radius 3 is 2.87 bits per heavy atom. The Morgan fingerprint density at radius 1 is 1.35 bits per heavy atom. The van der Waals surface area contributed by atoms with Crippen molar-refractivity contribution in [2.75, 3.05) is 19.6 Å². The van der Waals surface area contributed by atoms with Crippen LogP contribution in [0.5, 0.6) is 0 Å². The van der Waals surface area contributed by atoms with E-state index in [0.29, 0.717) is 11.8 Å². The average Bonchev–Trinajstić information content (AvgIpc) is 3.01. The Bertz CT molecular complexity index is 633. The molecule has 1 fully saturated rings. The lowest BCUT2D eigenvalue weighted by atomic mass is 10.2. The van der Waals surface area contributed by atoms with Crippen molar-refractivity contribution in [2.45, 2.75) is 23.6 Å². The number of nitrogens with zero attached hydrogens (tertiary/aromatic N) is 1. The third-order valence-corrected chi connectivity index (χ3v) is 4.80. The third kappa shape index (κ3) is 4.53. The van der Waals surface area contributed by atoms with Gasteiger partial charge in [-0.05, 0) is 25.1 Å². The number of rotatable bonds is 4. The van der Waals surface area contributed by atoms with E-state index < -0.39 is 0 Å². The largest absolute Gasteiger partial charge is 0.459 e. The maximum atomic E-state index is 12.6. The molecule has 3 rings (SSSR count). The van der Waals surface area contributed by atoms with Crippen LogP contribution in [-0.4, -0.2) is 36.5 Å². The summed E-state index contributed by atoms with van der Waals surface area (Å²) in [5.41, 5.74) is 0.963. The number of amides is 1. The molecule has 2 heterocycles. The van der Waals surface area contributed by atoms with E-state index in [1.165, 1.54) is 4.90 Å². The van der Waals surface area contributed by atoms with E-state index in [0.717, 1.165) is 31.0 Å². The van der Waals surface area contributed by atoms with Crippen LogP contribution in [0, 0.1) is 0 Å². The van der Waals surface area contributed by atoms with Crippen LogP contribution in [0.25, 0.3) is 0 Å². The highest BCUT2D eigenvalue weighted by atomic mass is 35.5. The predicted molar refractivity (Wildman–Crippen MR) is 95.3 cm³/mol. The molecule has 0 bridgehead atoms. The first-order chi connectivity index (χ1) is 10.7. The Kier molecular flexibility index (Phi) is 6.57. The monoisotopic (exact) mass is 352 g/mol. The van der Waals surface area contributed by atoms with Gasteiger partial charge in [0, 0.05) is 41.9 Å². The quantitative estimate of drug-likeness (QED) is 0.856. The fourth-order valence-corrected chi connectivity index (χ4v) is 3.47. The number of hydrogen-bond donors (Lipinski definition) is 1. The summed E-state index contributed by atoms with van der Waals surface area (Å²) in [4.78, 5) is 15.7. The van der Waals surface area contributed by atoms with Crippen LogP contribution in [0.2, 0.25) is 0 Å². The zero-order valence-corrected chi connectivity index (χ0v) is 14.7. The number of nitrogens with one attached hydrogen (secondary N) is 1. The standard InChI is InChI=1S/C17H20N2O2S.ClH/c1-13-11-19(9-8-18-13)17(20)16-14(7-10-21-16)12-22-15-5-3-2-4-6-15;/h2-7,10,13,18H,8-9,11-12H2,1H3;1H. The summed E-state index contributed by atoms with van der Waals surface area (Å²) in [5, 5.41) is 3.34. The highest BCUT2D eigenvalue weighted by molar-refractivity contribution is 7.98. The van der Waals surface area contributed by atoms with Gasteiger partial charge in [-0.15, -0.1) is 24.2 Å². The van der Waals surface area contributed by atoms with Crippen molar-refractivity contribution < 1.29 is 9.21 Å². The molecule has 1 unspecified atom stereocenters. The van der Waals surface area contributed by atoms with Crippen LogP contribution in [0.4, 0.5) is 0 Å². The van der Waals surface area contributed by atoms with Crippen molar-refractivity contribution in [1.29, 1.82) is 0 Å². The summed E-state index contributed by atoms with van der Waals surface area (Å²) < 4.78 is 5.48. The Labute approximate surface area is 147 Å². The molecule has 0 aliphatic carbocycles. The maximum Gasteiger partial charge on any atom is 0.289 e. The highest BCUT2D eigenvalue weighted by Gasteiger charge is 2.25. The minimum atomic E-state index is 0. The van der Waals surface area contributed by atoms with E-state index in [1.807, 2.05) is 29.2 Å². The van der Waals surface area contributed by atoms with Crippen molar-refractivity contribution in [3.05, 3.63) is 54.0 Å². The molecular weight excluding hydrogens is 332 g/mol. The minimum Gasteiger partial charge on any atom is -0.459 e. The summed E-state index contributed by atoms with van der Waals surface area (Å²) in [7, 11) is 0. The maximum absolute atomic E-state index is 12.6. The van der Waals surface area contributed by atoms with Gasteiger partial charge in [0.25, 0.3) is 5.91 Å². The molecule has 1 aliphatic rings. The average molecular weight is 353 g/mol. The van der Waals surface area contributed by atoms with Crippen molar-refractivity contribution in [1.82, 2.24) is 10.2 Å². The van der Waals surface area contributed by atoms with Gasteiger partial charge in [0.1, 0.15) is 0 Å². The molecule has 4 nitrogen and oxygen atoms in total. The third-order valence-electron chi connectivity index (χ3n) is 3.73. The van der Waals surface area contributed by atoms with Gasteiger partial charge in [0.05, 0.1) is 6.26 Å². The number of carbonyl (C=O) groups is 1. The number of carbonyl (C=O) groups excluding carboxylic acids is 1.